The van der Waals surface area contributed by atoms with Gasteiger partial charge in [-0.15, -0.1) is 10.2 Å². The summed E-state index contributed by atoms with van der Waals surface area (Å²) in [6.45, 7) is 1.94. The largest absolute Gasteiger partial charge is 0.336 e. The highest BCUT2D eigenvalue weighted by atomic mass is 16.2. The molecule has 7 heteroatoms. The Labute approximate surface area is 140 Å². The second-order valence-electron chi connectivity index (χ2n) is 6.26. The molecule has 1 aliphatic rings. The lowest BCUT2D eigenvalue weighted by atomic mass is 9.83. The first-order valence-corrected chi connectivity index (χ1v) is 8.18. The van der Waals surface area contributed by atoms with Crippen LogP contribution in [0, 0.1) is 18.3 Å². The monoisotopic (exact) mass is 324 g/mol. The van der Waals surface area contributed by atoms with E-state index in [1.807, 2.05) is 31.2 Å². The minimum atomic E-state index is -0.741. The number of hydrogen-bond acceptors (Lipinski definition) is 5. The SMILES string of the molecule is Cc1ccccc1-c1nnn(CC(=O)NC2(C#N)CCCCC2)n1. The molecule has 0 radical (unpaired) electrons. The highest BCUT2D eigenvalue weighted by Crippen LogP contribution is 2.27. The van der Waals surface area contributed by atoms with Crippen LogP contribution in [0.15, 0.2) is 24.3 Å². The van der Waals surface area contributed by atoms with Crippen LogP contribution in [0.1, 0.15) is 37.7 Å². The maximum Gasteiger partial charge on any atom is 0.244 e. The van der Waals surface area contributed by atoms with E-state index in [1.54, 1.807) is 0 Å². The van der Waals surface area contributed by atoms with Gasteiger partial charge in [0.2, 0.25) is 11.7 Å². The van der Waals surface area contributed by atoms with Gasteiger partial charge in [0, 0.05) is 5.56 Å². The number of carbonyl (C=O) groups excluding carboxylic acids is 1. The molecule has 0 unspecified atom stereocenters. The van der Waals surface area contributed by atoms with E-state index in [9.17, 15) is 10.1 Å². The van der Waals surface area contributed by atoms with Crippen LogP contribution in [-0.4, -0.2) is 31.7 Å². The number of amides is 1. The van der Waals surface area contributed by atoms with Crippen LogP contribution in [-0.2, 0) is 11.3 Å². The lowest BCUT2D eigenvalue weighted by Gasteiger charge is -2.31. The number of carbonyl (C=O) groups is 1. The number of hydrogen-bond donors (Lipinski definition) is 1. The molecule has 0 bridgehead atoms. The molecule has 1 N–H and O–H groups in total. The van der Waals surface area contributed by atoms with Crippen molar-refractivity contribution in [3.63, 3.8) is 0 Å². The van der Waals surface area contributed by atoms with Crippen molar-refractivity contribution in [3.05, 3.63) is 29.8 Å². The third-order valence-corrected chi connectivity index (χ3v) is 4.42. The highest BCUT2D eigenvalue weighted by molar-refractivity contribution is 5.77. The van der Waals surface area contributed by atoms with E-state index in [2.05, 4.69) is 26.8 Å². The molecule has 1 aromatic heterocycles. The predicted octanol–water partition coefficient (Wildman–Crippen LogP) is 1.99. The number of aryl methyl sites for hydroxylation is 1. The van der Waals surface area contributed by atoms with Gasteiger partial charge in [-0.3, -0.25) is 4.79 Å². The smallest absolute Gasteiger partial charge is 0.244 e. The summed E-state index contributed by atoms with van der Waals surface area (Å²) in [4.78, 5) is 13.5. The van der Waals surface area contributed by atoms with Gasteiger partial charge < -0.3 is 5.32 Å². The number of aromatic nitrogens is 4. The van der Waals surface area contributed by atoms with E-state index in [1.165, 1.54) is 4.80 Å². The van der Waals surface area contributed by atoms with Gasteiger partial charge in [-0.05, 0) is 30.5 Å². The zero-order valence-electron chi connectivity index (χ0n) is 13.7. The van der Waals surface area contributed by atoms with Crippen LogP contribution in [0.25, 0.3) is 11.4 Å². The summed E-state index contributed by atoms with van der Waals surface area (Å²) < 4.78 is 0. The van der Waals surface area contributed by atoms with Gasteiger partial charge in [-0.2, -0.15) is 10.1 Å². The van der Waals surface area contributed by atoms with E-state index < -0.39 is 5.54 Å². The van der Waals surface area contributed by atoms with Gasteiger partial charge in [-0.1, -0.05) is 43.5 Å². The van der Waals surface area contributed by atoms with Gasteiger partial charge in [0.1, 0.15) is 12.1 Å². The molecule has 1 saturated carbocycles. The molecule has 0 saturated heterocycles. The van der Waals surface area contributed by atoms with Gasteiger partial charge in [0.25, 0.3) is 0 Å². The van der Waals surface area contributed by atoms with Crippen LogP contribution in [0.2, 0.25) is 0 Å². The second-order valence-corrected chi connectivity index (χ2v) is 6.26. The summed E-state index contributed by atoms with van der Waals surface area (Å²) in [5.41, 5.74) is 1.20. The van der Waals surface area contributed by atoms with Crippen LogP contribution in [0.4, 0.5) is 0 Å². The molecule has 2 aromatic rings. The Balaban J connectivity index is 1.67. The maximum atomic E-state index is 12.3. The third-order valence-electron chi connectivity index (χ3n) is 4.42. The number of benzene rings is 1. The summed E-state index contributed by atoms with van der Waals surface area (Å²) in [6, 6.07) is 10.0. The number of nitrogens with zero attached hydrogens (tertiary/aromatic N) is 5. The predicted molar refractivity (Wildman–Crippen MR) is 87.6 cm³/mol. The normalized spacial score (nSPS) is 16.3. The van der Waals surface area contributed by atoms with E-state index >= 15 is 0 Å². The molecule has 1 amide bonds. The van der Waals surface area contributed by atoms with Gasteiger partial charge in [0.05, 0.1) is 6.07 Å². The van der Waals surface area contributed by atoms with Crippen molar-refractivity contribution >= 4 is 5.91 Å². The summed E-state index contributed by atoms with van der Waals surface area (Å²) in [6.07, 6.45) is 4.45. The Morgan fingerprint density at radius 3 is 2.79 bits per heavy atom. The quantitative estimate of drug-likeness (QED) is 0.927. The van der Waals surface area contributed by atoms with Gasteiger partial charge in [0.15, 0.2) is 0 Å². The van der Waals surface area contributed by atoms with E-state index in [0.29, 0.717) is 18.7 Å². The molecule has 0 aliphatic heterocycles. The zero-order valence-corrected chi connectivity index (χ0v) is 13.7. The number of rotatable bonds is 4. The van der Waals surface area contributed by atoms with Crippen molar-refractivity contribution in [2.45, 2.75) is 51.1 Å². The average Bonchev–Trinajstić information content (AvgIpc) is 3.04. The van der Waals surface area contributed by atoms with Crippen molar-refractivity contribution in [1.82, 2.24) is 25.5 Å². The molecule has 1 aliphatic carbocycles. The molecular weight excluding hydrogens is 304 g/mol. The molecule has 124 valence electrons. The Kier molecular flexibility index (Phi) is 4.56. The minimum Gasteiger partial charge on any atom is -0.336 e. The number of nitrogens with one attached hydrogen (secondary N) is 1. The van der Waals surface area contributed by atoms with E-state index in [4.69, 9.17) is 0 Å². The topological polar surface area (TPSA) is 96.5 Å². The minimum absolute atomic E-state index is 0.0394. The third kappa shape index (κ3) is 3.43. The van der Waals surface area contributed by atoms with Gasteiger partial charge >= 0.3 is 0 Å². The summed E-state index contributed by atoms with van der Waals surface area (Å²) in [7, 11) is 0. The summed E-state index contributed by atoms with van der Waals surface area (Å²) >= 11 is 0. The first-order valence-electron chi connectivity index (χ1n) is 8.18. The maximum absolute atomic E-state index is 12.3. The first kappa shape index (κ1) is 16.1. The molecule has 7 nitrogen and oxygen atoms in total. The standard InChI is InChI=1S/C17H20N6O/c1-13-7-3-4-8-14(13)16-20-22-23(21-16)11-15(24)19-17(12-18)9-5-2-6-10-17/h3-4,7-8H,2,5-6,9-11H2,1H3,(H,19,24). The highest BCUT2D eigenvalue weighted by Gasteiger charge is 2.33. The molecular formula is C17H20N6O. The fourth-order valence-corrected chi connectivity index (χ4v) is 3.10. The van der Waals surface area contributed by atoms with Crippen molar-refractivity contribution in [1.29, 1.82) is 5.26 Å². The van der Waals surface area contributed by atoms with Crippen molar-refractivity contribution < 1.29 is 4.79 Å². The molecule has 3 rings (SSSR count). The van der Waals surface area contributed by atoms with Crippen LogP contribution in [0.3, 0.4) is 0 Å². The van der Waals surface area contributed by atoms with E-state index in [0.717, 1.165) is 30.4 Å². The molecule has 1 aromatic carbocycles. The van der Waals surface area contributed by atoms with Crippen LogP contribution < -0.4 is 5.32 Å². The van der Waals surface area contributed by atoms with Crippen molar-refractivity contribution in [2.24, 2.45) is 0 Å². The van der Waals surface area contributed by atoms with E-state index in [-0.39, 0.29) is 12.5 Å². The second kappa shape index (κ2) is 6.79. The Morgan fingerprint density at radius 2 is 2.08 bits per heavy atom. The molecule has 0 atom stereocenters. The molecule has 0 spiro atoms. The number of nitriles is 1. The first-order chi connectivity index (χ1) is 11.6. The fraction of sp³-hybridized carbons (Fsp3) is 0.471. The van der Waals surface area contributed by atoms with Gasteiger partial charge in [-0.25, -0.2) is 0 Å². The summed E-state index contributed by atoms with van der Waals surface area (Å²) in [5, 5.41) is 24.5. The lowest BCUT2D eigenvalue weighted by molar-refractivity contribution is -0.123. The van der Waals surface area contributed by atoms with Crippen LogP contribution >= 0.6 is 0 Å². The average molecular weight is 324 g/mol. The van der Waals surface area contributed by atoms with Crippen molar-refractivity contribution in [3.8, 4) is 17.5 Å². The Hall–Kier alpha value is -2.75. The molecule has 1 fully saturated rings. The van der Waals surface area contributed by atoms with Crippen molar-refractivity contribution in [2.75, 3.05) is 0 Å². The molecule has 24 heavy (non-hydrogen) atoms. The Morgan fingerprint density at radius 1 is 1.33 bits per heavy atom. The number of tetrazole rings is 1. The molecule has 1 heterocycles. The lowest BCUT2D eigenvalue weighted by Crippen LogP contribution is -2.49. The summed E-state index contributed by atoms with van der Waals surface area (Å²) in [5.74, 6) is 0.237. The fourth-order valence-electron chi connectivity index (χ4n) is 3.10. The van der Waals surface area contributed by atoms with Crippen LogP contribution in [0.5, 0.6) is 0 Å². The Bertz CT molecular complexity index is 769. The zero-order chi connectivity index (χ0) is 17.0.